The van der Waals surface area contributed by atoms with Crippen molar-refractivity contribution in [3.8, 4) is 11.5 Å². The van der Waals surface area contributed by atoms with Crippen LogP contribution in [0.25, 0.3) is 10.9 Å². The summed E-state index contributed by atoms with van der Waals surface area (Å²) >= 11 is 0. The first-order valence-corrected chi connectivity index (χ1v) is 11.6. The van der Waals surface area contributed by atoms with Crippen molar-refractivity contribution in [1.29, 1.82) is 0 Å². The molecule has 1 aliphatic rings. The molecular formula is C25H26N4O7. The Hall–Kier alpha value is -4.28. The van der Waals surface area contributed by atoms with Gasteiger partial charge in [-0.05, 0) is 38.0 Å². The fraction of sp³-hybridized carbons (Fsp3) is 0.360. The first-order valence-electron chi connectivity index (χ1n) is 11.6. The van der Waals surface area contributed by atoms with Crippen LogP contribution in [0.4, 0.5) is 5.69 Å². The normalized spacial score (nSPS) is 15.2. The molecule has 188 valence electrons. The summed E-state index contributed by atoms with van der Waals surface area (Å²) in [5.74, 6) is -0.982. The number of rotatable bonds is 8. The number of ether oxygens (including phenoxy) is 2. The SMILES string of the molecule is COc1cc(C=Nn2c(C3CCCCC3)nc3ccccc3c2=O)cc([N+](=O)[O-])c1O[C@@H](C)C(=O)O. The van der Waals surface area contributed by atoms with Gasteiger partial charge in [0.2, 0.25) is 5.75 Å². The van der Waals surface area contributed by atoms with Crippen molar-refractivity contribution in [3.05, 3.63) is 68.3 Å². The van der Waals surface area contributed by atoms with Crippen molar-refractivity contribution in [2.75, 3.05) is 7.11 Å². The quantitative estimate of drug-likeness (QED) is 0.280. The summed E-state index contributed by atoms with van der Waals surface area (Å²) in [6.45, 7) is 1.26. The Kier molecular flexibility index (Phi) is 7.28. The summed E-state index contributed by atoms with van der Waals surface area (Å²) in [6, 6.07) is 9.68. The van der Waals surface area contributed by atoms with Crippen molar-refractivity contribution >= 4 is 28.8 Å². The third-order valence-electron chi connectivity index (χ3n) is 6.19. The Morgan fingerprint density at radius 3 is 2.67 bits per heavy atom. The molecule has 1 saturated carbocycles. The molecule has 0 spiro atoms. The van der Waals surface area contributed by atoms with Crippen molar-refractivity contribution in [1.82, 2.24) is 9.66 Å². The molecule has 1 N–H and O–H groups in total. The van der Waals surface area contributed by atoms with Gasteiger partial charge in [-0.1, -0.05) is 31.4 Å². The first kappa shape index (κ1) is 24.8. The third kappa shape index (κ3) is 5.04. The standard InChI is InChI=1S/C25H26N4O7/c1-15(25(31)32)36-22-20(29(33)34)12-16(13-21(22)35-2)14-26-28-23(17-8-4-3-5-9-17)27-19-11-7-6-10-18(19)24(28)30/h6-7,10-15,17H,3-5,8-9H2,1-2H3,(H,31,32)/t15-/m0/s1. The summed E-state index contributed by atoms with van der Waals surface area (Å²) in [5.41, 5.74) is 0.0546. The highest BCUT2D eigenvalue weighted by molar-refractivity contribution is 5.84. The number of fused-ring (bicyclic) bond motifs is 1. The van der Waals surface area contributed by atoms with Crippen LogP contribution in [0, 0.1) is 10.1 Å². The molecule has 1 fully saturated rings. The van der Waals surface area contributed by atoms with Gasteiger partial charge in [-0.2, -0.15) is 9.78 Å². The van der Waals surface area contributed by atoms with Crippen LogP contribution in [-0.2, 0) is 4.79 Å². The van der Waals surface area contributed by atoms with Crippen LogP contribution in [-0.4, -0.2) is 45.1 Å². The maximum Gasteiger partial charge on any atom is 0.344 e. The van der Waals surface area contributed by atoms with Gasteiger partial charge in [0.05, 0.1) is 29.2 Å². The fourth-order valence-electron chi connectivity index (χ4n) is 4.32. The van der Waals surface area contributed by atoms with E-state index in [2.05, 4.69) is 5.10 Å². The number of carboxylic acids is 1. The van der Waals surface area contributed by atoms with Crippen molar-refractivity contribution in [3.63, 3.8) is 0 Å². The largest absolute Gasteiger partial charge is 0.493 e. The number of benzene rings is 2. The van der Waals surface area contributed by atoms with Gasteiger partial charge in [0.1, 0.15) is 5.82 Å². The van der Waals surface area contributed by atoms with Crippen LogP contribution < -0.4 is 15.0 Å². The van der Waals surface area contributed by atoms with E-state index in [1.54, 1.807) is 18.2 Å². The number of nitrogens with zero attached hydrogens (tertiary/aromatic N) is 4. The second kappa shape index (κ2) is 10.5. The maximum atomic E-state index is 13.4. The molecule has 0 bridgehead atoms. The number of aliphatic carboxylic acids is 1. The molecule has 4 rings (SSSR count). The van der Waals surface area contributed by atoms with E-state index in [9.17, 15) is 19.7 Å². The number of hydrogen-bond acceptors (Lipinski definition) is 8. The van der Waals surface area contributed by atoms with Crippen LogP contribution in [0.1, 0.15) is 56.3 Å². The first-order chi connectivity index (χ1) is 17.3. The Labute approximate surface area is 206 Å². The molecule has 1 aliphatic carbocycles. The minimum atomic E-state index is -1.34. The van der Waals surface area contributed by atoms with E-state index in [4.69, 9.17) is 19.6 Å². The van der Waals surface area contributed by atoms with Crippen LogP contribution in [0.3, 0.4) is 0 Å². The molecule has 0 aliphatic heterocycles. The number of nitro benzene ring substituents is 1. The van der Waals surface area contributed by atoms with Crippen LogP contribution in [0.15, 0.2) is 46.3 Å². The van der Waals surface area contributed by atoms with E-state index in [1.165, 1.54) is 37.1 Å². The highest BCUT2D eigenvalue weighted by Gasteiger charge is 2.26. The maximum absolute atomic E-state index is 13.4. The lowest BCUT2D eigenvalue weighted by atomic mass is 9.88. The van der Waals surface area contributed by atoms with Gasteiger partial charge < -0.3 is 14.6 Å². The lowest BCUT2D eigenvalue weighted by molar-refractivity contribution is -0.386. The van der Waals surface area contributed by atoms with E-state index >= 15 is 0 Å². The molecule has 1 heterocycles. The van der Waals surface area contributed by atoms with Crippen LogP contribution in [0.5, 0.6) is 11.5 Å². The summed E-state index contributed by atoms with van der Waals surface area (Å²) in [4.78, 5) is 40.4. The molecule has 3 aromatic rings. The number of nitro groups is 1. The number of carboxylic acid groups (broad SMARTS) is 1. The van der Waals surface area contributed by atoms with E-state index < -0.39 is 22.7 Å². The van der Waals surface area contributed by atoms with Gasteiger partial charge in [-0.15, -0.1) is 0 Å². The predicted octanol–water partition coefficient (Wildman–Crippen LogP) is 4.10. The molecule has 2 aromatic carbocycles. The average molecular weight is 495 g/mol. The van der Waals surface area contributed by atoms with Gasteiger partial charge >= 0.3 is 11.7 Å². The topological polar surface area (TPSA) is 146 Å². The predicted molar refractivity (Wildman–Crippen MR) is 132 cm³/mol. The van der Waals surface area contributed by atoms with Crippen molar-refractivity contribution < 1.29 is 24.3 Å². The van der Waals surface area contributed by atoms with E-state index in [0.29, 0.717) is 16.7 Å². The Morgan fingerprint density at radius 2 is 2.00 bits per heavy atom. The monoisotopic (exact) mass is 494 g/mol. The van der Waals surface area contributed by atoms with Crippen molar-refractivity contribution in [2.45, 2.75) is 51.0 Å². The summed E-state index contributed by atoms with van der Waals surface area (Å²) in [5, 5.41) is 25.7. The Bertz CT molecular complexity index is 1390. The van der Waals surface area contributed by atoms with Crippen molar-refractivity contribution in [2.24, 2.45) is 5.10 Å². The summed E-state index contributed by atoms with van der Waals surface area (Å²) in [7, 11) is 1.29. The zero-order valence-corrected chi connectivity index (χ0v) is 19.9. The second-order valence-electron chi connectivity index (χ2n) is 8.61. The Balaban J connectivity index is 1.81. The summed E-state index contributed by atoms with van der Waals surface area (Å²) in [6.07, 6.45) is 4.99. The lowest BCUT2D eigenvalue weighted by Gasteiger charge is -2.22. The molecule has 0 amide bonds. The Morgan fingerprint density at radius 1 is 1.28 bits per heavy atom. The minimum absolute atomic E-state index is 0.0322. The molecule has 0 saturated heterocycles. The van der Waals surface area contributed by atoms with Crippen LogP contribution in [0.2, 0.25) is 0 Å². The van der Waals surface area contributed by atoms with Gasteiger partial charge in [-0.3, -0.25) is 14.9 Å². The number of methoxy groups -OCH3 is 1. The molecule has 11 heteroatoms. The highest BCUT2D eigenvalue weighted by Crippen LogP contribution is 2.39. The molecule has 11 nitrogen and oxygen atoms in total. The lowest BCUT2D eigenvalue weighted by Crippen LogP contribution is -2.25. The van der Waals surface area contributed by atoms with Crippen LogP contribution >= 0.6 is 0 Å². The number of para-hydroxylation sites is 1. The molecule has 36 heavy (non-hydrogen) atoms. The minimum Gasteiger partial charge on any atom is -0.493 e. The molecule has 0 unspecified atom stereocenters. The molecule has 0 radical (unpaired) electrons. The number of carbonyl (C=O) groups is 1. The van der Waals surface area contributed by atoms with Gasteiger partial charge in [0.15, 0.2) is 11.9 Å². The molecule has 1 aromatic heterocycles. The molecule has 1 atom stereocenters. The van der Waals surface area contributed by atoms with Gasteiger partial charge in [0.25, 0.3) is 5.56 Å². The van der Waals surface area contributed by atoms with Gasteiger partial charge in [-0.25, -0.2) is 9.78 Å². The average Bonchev–Trinajstić information content (AvgIpc) is 2.88. The fourth-order valence-corrected chi connectivity index (χ4v) is 4.32. The molecular weight excluding hydrogens is 468 g/mol. The highest BCUT2D eigenvalue weighted by atomic mass is 16.6. The number of aromatic nitrogens is 2. The second-order valence-corrected chi connectivity index (χ2v) is 8.61. The zero-order chi connectivity index (χ0) is 25.8. The van der Waals surface area contributed by atoms with E-state index in [0.717, 1.165) is 32.1 Å². The van der Waals surface area contributed by atoms with E-state index in [1.807, 2.05) is 6.07 Å². The zero-order valence-electron chi connectivity index (χ0n) is 19.9. The summed E-state index contributed by atoms with van der Waals surface area (Å²) < 4.78 is 11.8. The smallest absolute Gasteiger partial charge is 0.344 e. The van der Waals surface area contributed by atoms with E-state index in [-0.39, 0.29) is 28.5 Å². The third-order valence-corrected chi connectivity index (χ3v) is 6.19. The van der Waals surface area contributed by atoms with Gasteiger partial charge in [0, 0.05) is 17.5 Å². The number of hydrogen-bond donors (Lipinski definition) is 1.